The van der Waals surface area contributed by atoms with Crippen molar-refractivity contribution in [3.8, 4) is 0 Å². The fraction of sp³-hybridized carbons (Fsp3) is 0.182. The standard InChI is InChI=1S/C11H11FN2O/c1-8(14-7-6-13-11(14)15)9-4-2-3-5-10(9)12/h2-8H,1H3,(H,13,15). The van der Waals surface area contributed by atoms with E-state index in [9.17, 15) is 9.18 Å². The summed E-state index contributed by atoms with van der Waals surface area (Å²) < 4.78 is 14.9. The Morgan fingerprint density at radius 1 is 1.40 bits per heavy atom. The summed E-state index contributed by atoms with van der Waals surface area (Å²) in [6.45, 7) is 1.79. The van der Waals surface area contributed by atoms with E-state index in [-0.39, 0.29) is 17.5 Å². The maximum atomic E-state index is 13.4. The molecule has 3 nitrogen and oxygen atoms in total. The monoisotopic (exact) mass is 206 g/mol. The van der Waals surface area contributed by atoms with Gasteiger partial charge in [0, 0.05) is 18.0 Å². The summed E-state index contributed by atoms with van der Waals surface area (Å²) in [5.41, 5.74) is 0.282. The molecule has 0 saturated heterocycles. The second-order valence-electron chi connectivity index (χ2n) is 3.37. The van der Waals surface area contributed by atoms with Crippen molar-refractivity contribution in [2.75, 3.05) is 0 Å². The van der Waals surface area contributed by atoms with E-state index in [1.165, 1.54) is 10.6 Å². The normalized spacial score (nSPS) is 12.7. The van der Waals surface area contributed by atoms with Gasteiger partial charge in [-0.15, -0.1) is 0 Å². The van der Waals surface area contributed by atoms with Gasteiger partial charge in [0.05, 0.1) is 6.04 Å². The first-order valence-electron chi connectivity index (χ1n) is 4.70. The van der Waals surface area contributed by atoms with Crippen molar-refractivity contribution in [1.82, 2.24) is 9.55 Å². The Balaban J connectivity index is 2.45. The number of aromatic nitrogens is 2. The number of hydrogen-bond donors (Lipinski definition) is 1. The molecule has 0 spiro atoms. The van der Waals surface area contributed by atoms with Crippen molar-refractivity contribution in [3.63, 3.8) is 0 Å². The molecule has 0 aliphatic rings. The van der Waals surface area contributed by atoms with Crippen LogP contribution >= 0.6 is 0 Å². The van der Waals surface area contributed by atoms with E-state index in [4.69, 9.17) is 0 Å². The lowest BCUT2D eigenvalue weighted by molar-refractivity contribution is 0.548. The Hall–Kier alpha value is -1.84. The number of aromatic amines is 1. The molecular weight excluding hydrogens is 195 g/mol. The third kappa shape index (κ3) is 1.70. The van der Waals surface area contributed by atoms with Gasteiger partial charge in [-0.1, -0.05) is 18.2 Å². The van der Waals surface area contributed by atoms with Crippen molar-refractivity contribution in [3.05, 3.63) is 58.5 Å². The molecule has 0 saturated carbocycles. The second kappa shape index (κ2) is 3.73. The molecule has 2 aromatic rings. The molecule has 1 N–H and O–H groups in total. The molecule has 0 fully saturated rings. The molecule has 15 heavy (non-hydrogen) atoms. The number of nitrogens with zero attached hydrogens (tertiary/aromatic N) is 1. The minimum absolute atomic E-state index is 0.231. The van der Waals surface area contributed by atoms with Crippen LogP contribution < -0.4 is 5.69 Å². The molecular formula is C11H11FN2O. The zero-order chi connectivity index (χ0) is 10.8. The number of halogens is 1. The number of rotatable bonds is 2. The van der Waals surface area contributed by atoms with Crippen LogP contribution in [0.3, 0.4) is 0 Å². The van der Waals surface area contributed by atoms with Crippen LogP contribution in [0.1, 0.15) is 18.5 Å². The summed E-state index contributed by atoms with van der Waals surface area (Å²) in [7, 11) is 0. The average Bonchev–Trinajstić information content (AvgIpc) is 2.64. The molecule has 1 aromatic carbocycles. The van der Waals surface area contributed by atoms with E-state index in [0.29, 0.717) is 5.56 Å². The molecule has 1 unspecified atom stereocenters. The van der Waals surface area contributed by atoms with E-state index >= 15 is 0 Å². The van der Waals surface area contributed by atoms with Gasteiger partial charge in [-0.2, -0.15) is 0 Å². The van der Waals surface area contributed by atoms with Gasteiger partial charge >= 0.3 is 5.69 Å². The number of H-pyrrole nitrogens is 1. The molecule has 0 radical (unpaired) electrons. The van der Waals surface area contributed by atoms with Crippen LogP contribution in [-0.2, 0) is 0 Å². The van der Waals surface area contributed by atoms with E-state index in [1.54, 1.807) is 37.5 Å². The van der Waals surface area contributed by atoms with Gasteiger partial charge in [0.25, 0.3) is 0 Å². The van der Waals surface area contributed by atoms with Crippen LogP contribution in [0.4, 0.5) is 4.39 Å². The van der Waals surface area contributed by atoms with E-state index in [0.717, 1.165) is 0 Å². The Labute approximate surface area is 86.2 Å². The Morgan fingerprint density at radius 3 is 2.73 bits per heavy atom. The first kappa shape index (κ1) is 9.71. The molecule has 0 amide bonds. The predicted octanol–water partition coefficient (Wildman–Crippen LogP) is 1.92. The molecule has 2 rings (SSSR count). The largest absolute Gasteiger partial charge is 0.326 e. The second-order valence-corrected chi connectivity index (χ2v) is 3.37. The van der Waals surface area contributed by atoms with Crippen molar-refractivity contribution in [1.29, 1.82) is 0 Å². The molecule has 0 aliphatic heterocycles. The van der Waals surface area contributed by atoms with Crippen LogP contribution in [0.5, 0.6) is 0 Å². The molecule has 0 aliphatic carbocycles. The maximum absolute atomic E-state index is 13.4. The highest BCUT2D eigenvalue weighted by molar-refractivity contribution is 5.21. The van der Waals surface area contributed by atoms with Gasteiger partial charge in [-0.05, 0) is 13.0 Å². The van der Waals surface area contributed by atoms with Gasteiger partial charge in [0.2, 0.25) is 0 Å². The molecule has 0 bridgehead atoms. The molecule has 1 atom stereocenters. The lowest BCUT2D eigenvalue weighted by Gasteiger charge is -2.12. The third-order valence-corrected chi connectivity index (χ3v) is 2.45. The molecule has 1 heterocycles. The lowest BCUT2D eigenvalue weighted by atomic mass is 10.1. The van der Waals surface area contributed by atoms with E-state index in [1.807, 2.05) is 0 Å². The third-order valence-electron chi connectivity index (χ3n) is 2.45. The fourth-order valence-corrected chi connectivity index (χ4v) is 1.60. The Kier molecular flexibility index (Phi) is 2.41. The predicted molar refractivity (Wildman–Crippen MR) is 55.3 cm³/mol. The average molecular weight is 206 g/mol. The van der Waals surface area contributed by atoms with Crippen LogP contribution in [0.2, 0.25) is 0 Å². The topological polar surface area (TPSA) is 37.8 Å². The van der Waals surface area contributed by atoms with Gasteiger partial charge in [-0.3, -0.25) is 4.57 Å². The number of hydrogen-bond acceptors (Lipinski definition) is 1. The highest BCUT2D eigenvalue weighted by Crippen LogP contribution is 2.18. The first-order chi connectivity index (χ1) is 7.20. The molecule has 4 heteroatoms. The first-order valence-corrected chi connectivity index (χ1v) is 4.70. The summed E-state index contributed by atoms with van der Waals surface area (Å²) in [5.74, 6) is -0.293. The van der Waals surface area contributed by atoms with Gasteiger partial charge in [0.1, 0.15) is 5.82 Å². The minimum Gasteiger partial charge on any atom is -0.313 e. The number of nitrogens with one attached hydrogen (secondary N) is 1. The van der Waals surface area contributed by atoms with Crippen LogP contribution in [0.15, 0.2) is 41.5 Å². The lowest BCUT2D eigenvalue weighted by Crippen LogP contribution is -2.21. The summed E-state index contributed by atoms with van der Waals surface area (Å²) in [6, 6.07) is 6.16. The Bertz CT molecular complexity index is 515. The van der Waals surface area contributed by atoms with E-state index in [2.05, 4.69) is 4.98 Å². The minimum atomic E-state index is -0.301. The molecule has 1 aromatic heterocycles. The van der Waals surface area contributed by atoms with Gasteiger partial charge < -0.3 is 4.98 Å². The highest BCUT2D eigenvalue weighted by Gasteiger charge is 2.12. The summed E-state index contributed by atoms with van der Waals surface area (Å²) in [5, 5.41) is 0. The van der Waals surface area contributed by atoms with Gasteiger partial charge in [0.15, 0.2) is 0 Å². The van der Waals surface area contributed by atoms with E-state index < -0.39 is 0 Å². The van der Waals surface area contributed by atoms with Crippen molar-refractivity contribution >= 4 is 0 Å². The van der Waals surface area contributed by atoms with Gasteiger partial charge in [-0.25, -0.2) is 9.18 Å². The summed E-state index contributed by atoms with van der Waals surface area (Å²) >= 11 is 0. The summed E-state index contributed by atoms with van der Waals surface area (Å²) in [4.78, 5) is 13.9. The SMILES string of the molecule is CC(c1ccccc1F)n1cc[nH]c1=O. The van der Waals surface area contributed by atoms with Crippen molar-refractivity contribution in [2.24, 2.45) is 0 Å². The highest BCUT2D eigenvalue weighted by atomic mass is 19.1. The van der Waals surface area contributed by atoms with Crippen molar-refractivity contribution < 1.29 is 4.39 Å². The zero-order valence-corrected chi connectivity index (χ0v) is 8.27. The van der Waals surface area contributed by atoms with Crippen LogP contribution in [-0.4, -0.2) is 9.55 Å². The fourth-order valence-electron chi connectivity index (χ4n) is 1.60. The van der Waals surface area contributed by atoms with Crippen LogP contribution in [0, 0.1) is 5.82 Å². The van der Waals surface area contributed by atoms with Crippen LogP contribution in [0.25, 0.3) is 0 Å². The zero-order valence-electron chi connectivity index (χ0n) is 8.27. The summed E-state index contributed by atoms with van der Waals surface area (Å²) in [6.07, 6.45) is 3.15. The smallest absolute Gasteiger partial charge is 0.313 e. The maximum Gasteiger partial charge on any atom is 0.326 e. The Morgan fingerprint density at radius 2 is 2.13 bits per heavy atom. The van der Waals surface area contributed by atoms with Crippen molar-refractivity contribution in [2.45, 2.75) is 13.0 Å². The quantitative estimate of drug-likeness (QED) is 0.800. The number of benzene rings is 1. The molecule has 78 valence electrons. The number of imidazole rings is 1.